The molecule has 1 aliphatic carbocycles. The van der Waals surface area contributed by atoms with E-state index in [4.69, 9.17) is 0 Å². The molecule has 0 saturated carbocycles. The molecule has 0 aromatic heterocycles. The predicted molar refractivity (Wildman–Crippen MR) is 76.9 cm³/mol. The Balaban J connectivity index is 2.06. The summed E-state index contributed by atoms with van der Waals surface area (Å²) in [6.07, 6.45) is 8.40. The first-order chi connectivity index (χ1) is 9.29. The van der Waals surface area contributed by atoms with Gasteiger partial charge in [-0.25, -0.2) is 0 Å². The maximum absolute atomic E-state index is 11.5. The van der Waals surface area contributed by atoms with Gasteiger partial charge in [-0.2, -0.15) is 0 Å². The third kappa shape index (κ3) is 3.81. The van der Waals surface area contributed by atoms with Gasteiger partial charge in [0.25, 0.3) is 5.91 Å². The lowest BCUT2D eigenvalue weighted by Gasteiger charge is -2.11. The number of carbonyl (C=O) groups is 1. The Morgan fingerprint density at radius 1 is 1.47 bits per heavy atom. The van der Waals surface area contributed by atoms with Crippen molar-refractivity contribution in [1.82, 2.24) is 0 Å². The Morgan fingerprint density at radius 2 is 2.37 bits per heavy atom. The van der Waals surface area contributed by atoms with E-state index >= 15 is 0 Å². The number of amides is 1. The Hall–Kier alpha value is -2.36. The maximum Gasteiger partial charge on any atom is 0.265 e. The molecule has 0 heterocycles. The van der Waals surface area contributed by atoms with Gasteiger partial charge in [-0.1, -0.05) is 30.4 Å². The van der Waals surface area contributed by atoms with Gasteiger partial charge in [0.05, 0.1) is 0 Å². The zero-order chi connectivity index (χ0) is 13.5. The lowest BCUT2D eigenvalue weighted by atomic mass is 9.97. The zero-order valence-corrected chi connectivity index (χ0v) is 10.6. The number of hydrogen-bond acceptors (Lipinski definition) is 3. The first kappa shape index (κ1) is 13.1. The summed E-state index contributed by atoms with van der Waals surface area (Å²) in [5.74, 6) is -0.248. The van der Waals surface area contributed by atoms with Gasteiger partial charge < -0.3 is 10.2 Å². The highest BCUT2D eigenvalue weighted by Crippen LogP contribution is 2.25. The summed E-state index contributed by atoms with van der Waals surface area (Å²) in [4.78, 5) is 16.1. The van der Waals surface area contributed by atoms with Crippen LogP contribution in [-0.4, -0.2) is 19.2 Å². The summed E-state index contributed by atoms with van der Waals surface area (Å²) in [5, 5.41) is 5.94. The molecule has 19 heavy (non-hydrogen) atoms. The van der Waals surface area contributed by atoms with Gasteiger partial charge in [-0.3, -0.25) is 4.79 Å². The van der Waals surface area contributed by atoms with Crippen LogP contribution in [-0.2, 0) is 9.63 Å². The van der Waals surface area contributed by atoms with Crippen molar-refractivity contribution in [2.75, 3.05) is 11.9 Å². The van der Waals surface area contributed by atoms with Crippen molar-refractivity contribution in [2.24, 2.45) is 5.16 Å². The second kappa shape index (κ2) is 6.54. The molecule has 0 spiro atoms. The minimum absolute atomic E-state index is 0.126. The summed E-state index contributed by atoms with van der Waals surface area (Å²) < 4.78 is 0. The van der Waals surface area contributed by atoms with Gasteiger partial charge in [-0.15, -0.1) is 5.16 Å². The number of anilines is 1. The van der Waals surface area contributed by atoms with Gasteiger partial charge in [0, 0.05) is 12.4 Å². The molecule has 1 amide bonds. The van der Waals surface area contributed by atoms with E-state index < -0.39 is 0 Å². The van der Waals surface area contributed by atoms with Gasteiger partial charge in [0.1, 0.15) is 0 Å². The average Bonchev–Trinajstić information content (AvgIpc) is 2.46. The summed E-state index contributed by atoms with van der Waals surface area (Å²) >= 11 is 0. The van der Waals surface area contributed by atoms with E-state index in [1.807, 2.05) is 24.3 Å². The lowest BCUT2D eigenvalue weighted by molar-refractivity contribution is -0.120. The fourth-order valence-corrected chi connectivity index (χ4v) is 1.94. The average molecular weight is 256 g/mol. The van der Waals surface area contributed by atoms with E-state index in [0.717, 1.165) is 24.1 Å². The molecule has 1 N–H and O–H groups in total. The van der Waals surface area contributed by atoms with Crippen LogP contribution in [0.15, 0.2) is 47.6 Å². The van der Waals surface area contributed by atoms with Crippen LogP contribution in [0, 0.1) is 0 Å². The van der Waals surface area contributed by atoms with Gasteiger partial charge in [-0.05, 0) is 36.1 Å². The Labute approximate surface area is 112 Å². The van der Waals surface area contributed by atoms with Crippen LogP contribution in [0.2, 0.25) is 0 Å². The van der Waals surface area contributed by atoms with Crippen molar-refractivity contribution in [3.8, 4) is 0 Å². The summed E-state index contributed by atoms with van der Waals surface area (Å²) in [5.41, 5.74) is 3.16. The topological polar surface area (TPSA) is 50.7 Å². The number of oxime groups is 1. The van der Waals surface area contributed by atoms with Crippen LogP contribution in [0.25, 0.3) is 5.57 Å². The Morgan fingerprint density at radius 3 is 3.11 bits per heavy atom. The van der Waals surface area contributed by atoms with Crippen LogP contribution in [0.3, 0.4) is 0 Å². The summed E-state index contributed by atoms with van der Waals surface area (Å²) in [6.45, 7) is 3.02. The van der Waals surface area contributed by atoms with E-state index in [0.29, 0.717) is 0 Å². The highest BCUT2D eigenvalue weighted by atomic mass is 16.6. The van der Waals surface area contributed by atoms with Gasteiger partial charge in [0.2, 0.25) is 0 Å². The molecule has 4 heteroatoms. The van der Waals surface area contributed by atoms with Crippen LogP contribution in [0.5, 0.6) is 0 Å². The third-order valence-corrected chi connectivity index (χ3v) is 2.82. The first-order valence-corrected chi connectivity index (χ1v) is 6.13. The van der Waals surface area contributed by atoms with Crippen molar-refractivity contribution in [1.29, 1.82) is 0 Å². The molecule has 0 radical (unpaired) electrons. The number of carbonyl (C=O) groups excluding carboxylic acids is 1. The zero-order valence-electron chi connectivity index (χ0n) is 10.6. The predicted octanol–water partition coefficient (Wildman–Crippen LogP) is 2.99. The Bertz CT molecular complexity index is 533. The van der Waals surface area contributed by atoms with Crippen LogP contribution >= 0.6 is 0 Å². The van der Waals surface area contributed by atoms with E-state index in [1.165, 1.54) is 5.57 Å². The number of hydrogen-bond donors (Lipinski definition) is 1. The van der Waals surface area contributed by atoms with Crippen LogP contribution in [0.4, 0.5) is 5.69 Å². The van der Waals surface area contributed by atoms with Crippen molar-refractivity contribution in [2.45, 2.75) is 12.8 Å². The molecule has 1 aliphatic rings. The number of nitrogens with one attached hydrogen (secondary N) is 1. The van der Waals surface area contributed by atoms with Crippen molar-refractivity contribution >= 4 is 23.9 Å². The van der Waals surface area contributed by atoms with Crippen molar-refractivity contribution in [3.63, 3.8) is 0 Å². The second-order valence-corrected chi connectivity index (χ2v) is 4.19. The van der Waals surface area contributed by atoms with E-state index in [1.54, 1.807) is 0 Å². The molecule has 4 nitrogen and oxygen atoms in total. The van der Waals surface area contributed by atoms with Gasteiger partial charge >= 0.3 is 0 Å². The molecular formula is C15H16N2O2. The van der Waals surface area contributed by atoms with Crippen LogP contribution in [0.1, 0.15) is 18.4 Å². The highest BCUT2D eigenvalue weighted by Gasteiger charge is 2.06. The van der Waals surface area contributed by atoms with Crippen molar-refractivity contribution in [3.05, 3.63) is 48.1 Å². The number of nitrogens with zero attached hydrogens (tertiary/aromatic N) is 1. The molecule has 0 saturated heterocycles. The van der Waals surface area contributed by atoms with Crippen molar-refractivity contribution < 1.29 is 9.63 Å². The summed E-state index contributed by atoms with van der Waals surface area (Å²) in [7, 11) is 0. The first-order valence-electron chi connectivity index (χ1n) is 6.13. The number of allylic oxidation sites excluding steroid dienone is 4. The standard InChI is InChI=1S/C15H16N2O2/c1-16-19-11-15(18)17-14-9-5-8-13(10-14)12-6-3-2-4-7-12/h2-3,5-6,8-10H,1,4,7,11H2,(H,17,18). The fourth-order valence-electron chi connectivity index (χ4n) is 1.94. The minimum Gasteiger partial charge on any atom is -0.386 e. The second-order valence-electron chi connectivity index (χ2n) is 4.19. The quantitative estimate of drug-likeness (QED) is 0.650. The molecular weight excluding hydrogens is 240 g/mol. The van der Waals surface area contributed by atoms with Gasteiger partial charge in [0.15, 0.2) is 6.61 Å². The smallest absolute Gasteiger partial charge is 0.265 e. The lowest BCUT2D eigenvalue weighted by Crippen LogP contribution is -2.16. The molecule has 0 unspecified atom stereocenters. The molecule has 0 aliphatic heterocycles. The minimum atomic E-state index is -0.248. The highest BCUT2D eigenvalue weighted by molar-refractivity contribution is 5.92. The monoisotopic (exact) mass is 256 g/mol. The molecule has 1 aromatic carbocycles. The normalized spacial score (nSPS) is 13.6. The van der Waals surface area contributed by atoms with E-state index in [2.05, 4.69) is 40.3 Å². The van der Waals surface area contributed by atoms with E-state index in [9.17, 15) is 4.79 Å². The largest absolute Gasteiger partial charge is 0.386 e. The van der Waals surface area contributed by atoms with Crippen LogP contribution < -0.4 is 5.32 Å². The third-order valence-electron chi connectivity index (χ3n) is 2.82. The molecule has 0 fully saturated rings. The number of rotatable bonds is 5. The summed E-state index contributed by atoms with van der Waals surface area (Å²) in [6, 6.07) is 7.78. The fraction of sp³-hybridized carbons (Fsp3) is 0.200. The maximum atomic E-state index is 11.5. The van der Waals surface area contributed by atoms with E-state index in [-0.39, 0.29) is 12.5 Å². The number of benzene rings is 1. The molecule has 0 atom stereocenters. The molecule has 0 bridgehead atoms. The SMILES string of the molecule is C=NOCC(=O)Nc1cccc(C2=CC=CCC2)c1. The molecule has 1 aromatic rings. The molecule has 98 valence electrons. The molecule has 2 rings (SSSR count). The Kier molecular flexibility index (Phi) is 4.50.